The molecule has 1 aliphatic heterocycles. The van der Waals surface area contributed by atoms with Crippen molar-refractivity contribution in [3.05, 3.63) is 29.1 Å². The van der Waals surface area contributed by atoms with Crippen LogP contribution in [0.3, 0.4) is 0 Å². The van der Waals surface area contributed by atoms with Crippen LogP contribution in [0.25, 0.3) is 0 Å². The van der Waals surface area contributed by atoms with Gasteiger partial charge in [-0.1, -0.05) is 12.8 Å². The number of anilines is 1. The van der Waals surface area contributed by atoms with E-state index in [0.717, 1.165) is 12.0 Å². The van der Waals surface area contributed by atoms with Gasteiger partial charge in [0, 0.05) is 17.7 Å². The van der Waals surface area contributed by atoms with Crippen LogP contribution < -0.4 is 5.32 Å². The van der Waals surface area contributed by atoms with E-state index in [2.05, 4.69) is 5.32 Å². The van der Waals surface area contributed by atoms with Crippen LogP contribution >= 0.6 is 11.6 Å². The fourth-order valence-electron chi connectivity index (χ4n) is 2.43. The van der Waals surface area contributed by atoms with Crippen LogP contribution in [0.4, 0.5) is 10.1 Å². The molecular weight excluding hydrogens is 253 g/mol. The lowest BCUT2D eigenvalue weighted by Crippen LogP contribution is -2.19. The zero-order valence-corrected chi connectivity index (χ0v) is 10.8. The highest BCUT2D eigenvalue weighted by atomic mass is 35.5. The van der Waals surface area contributed by atoms with Gasteiger partial charge >= 0.3 is 0 Å². The predicted molar refractivity (Wildman–Crippen MR) is 69.3 cm³/mol. The summed E-state index contributed by atoms with van der Waals surface area (Å²) in [7, 11) is 0. The van der Waals surface area contributed by atoms with E-state index in [-0.39, 0.29) is 17.1 Å². The first-order chi connectivity index (χ1) is 8.63. The molecule has 96 valence electrons. The van der Waals surface area contributed by atoms with Crippen LogP contribution in [0.15, 0.2) is 12.1 Å². The van der Waals surface area contributed by atoms with Gasteiger partial charge in [-0.3, -0.25) is 4.79 Å². The van der Waals surface area contributed by atoms with Crippen molar-refractivity contribution in [3.63, 3.8) is 0 Å². The second-order valence-corrected chi connectivity index (χ2v) is 5.75. The smallest absolute Gasteiger partial charge is 0.224 e. The number of aryl methyl sites for hydroxylation is 1. The van der Waals surface area contributed by atoms with E-state index in [1.54, 1.807) is 0 Å². The SMILES string of the molecule is O=C1CCc2cc(C(Cl)CC3CC3)c(F)cc2N1. The van der Waals surface area contributed by atoms with Crippen molar-refractivity contribution < 1.29 is 9.18 Å². The number of benzene rings is 1. The molecule has 3 rings (SSSR count). The number of alkyl halides is 1. The molecule has 0 radical (unpaired) electrons. The minimum Gasteiger partial charge on any atom is -0.326 e. The van der Waals surface area contributed by atoms with Gasteiger partial charge in [0.05, 0.1) is 5.38 Å². The Labute approximate surface area is 111 Å². The fraction of sp³-hybridized carbons (Fsp3) is 0.500. The van der Waals surface area contributed by atoms with E-state index >= 15 is 0 Å². The summed E-state index contributed by atoms with van der Waals surface area (Å²) < 4.78 is 14.0. The molecule has 1 amide bonds. The predicted octanol–water partition coefficient (Wildman–Crippen LogP) is 3.79. The zero-order chi connectivity index (χ0) is 12.7. The second-order valence-electron chi connectivity index (χ2n) is 5.23. The number of rotatable bonds is 3. The van der Waals surface area contributed by atoms with Crippen LogP contribution in [-0.2, 0) is 11.2 Å². The number of fused-ring (bicyclic) bond motifs is 1. The van der Waals surface area contributed by atoms with Crippen molar-refractivity contribution in [1.82, 2.24) is 0 Å². The number of hydrogen-bond donors (Lipinski definition) is 1. The molecule has 1 saturated carbocycles. The summed E-state index contributed by atoms with van der Waals surface area (Å²) in [5.74, 6) is 0.314. The lowest BCUT2D eigenvalue weighted by atomic mass is 9.97. The number of amides is 1. The monoisotopic (exact) mass is 267 g/mol. The largest absolute Gasteiger partial charge is 0.326 e. The summed E-state index contributed by atoms with van der Waals surface area (Å²) in [5, 5.41) is 2.45. The Balaban J connectivity index is 1.88. The third-order valence-corrected chi connectivity index (χ3v) is 4.11. The van der Waals surface area contributed by atoms with Crippen LogP contribution in [0.5, 0.6) is 0 Å². The standard InChI is InChI=1S/C14H15ClFNO/c15-11(5-8-1-2-8)10-6-9-3-4-14(18)17-13(9)7-12(10)16/h6-8,11H,1-5H2,(H,17,18). The third kappa shape index (κ3) is 2.37. The third-order valence-electron chi connectivity index (χ3n) is 3.69. The van der Waals surface area contributed by atoms with Crippen molar-refractivity contribution in [2.24, 2.45) is 5.92 Å². The highest BCUT2D eigenvalue weighted by Gasteiger charge is 2.27. The molecule has 18 heavy (non-hydrogen) atoms. The minimum atomic E-state index is -0.309. The summed E-state index contributed by atoms with van der Waals surface area (Å²) in [6, 6.07) is 3.23. The summed E-state index contributed by atoms with van der Waals surface area (Å²) in [5.41, 5.74) is 2.17. The minimum absolute atomic E-state index is 0.0462. The maximum absolute atomic E-state index is 14.0. The summed E-state index contributed by atoms with van der Waals surface area (Å²) in [6.45, 7) is 0. The average Bonchev–Trinajstić information content (AvgIpc) is 3.11. The summed E-state index contributed by atoms with van der Waals surface area (Å²) in [4.78, 5) is 11.3. The lowest BCUT2D eigenvalue weighted by molar-refractivity contribution is -0.116. The first-order valence-corrected chi connectivity index (χ1v) is 6.83. The molecule has 0 aromatic heterocycles. The number of nitrogens with one attached hydrogen (secondary N) is 1. The van der Waals surface area contributed by atoms with Crippen molar-refractivity contribution in [3.8, 4) is 0 Å². The number of carbonyl (C=O) groups is 1. The Kier molecular flexibility index (Phi) is 3.02. The molecule has 2 nitrogen and oxygen atoms in total. The highest BCUT2D eigenvalue weighted by molar-refractivity contribution is 6.20. The molecule has 1 atom stereocenters. The van der Waals surface area contributed by atoms with Gasteiger partial charge < -0.3 is 5.32 Å². The van der Waals surface area contributed by atoms with Gasteiger partial charge in [-0.25, -0.2) is 4.39 Å². The number of hydrogen-bond acceptors (Lipinski definition) is 1. The molecule has 1 heterocycles. The zero-order valence-electron chi connectivity index (χ0n) is 10.0. The first kappa shape index (κ1) is 12.0. The quantitative estimate of drug-likeness (QED) is 0.830. The van der Waals surface area contributed by atoms with Gasteiger partial charge in [0.25, 0.3) is 0 Å². The Morgan fingerprint density at radius 1 is 1.39 bits per heavy atom. The van der Waals surface area contributed by atoms with E-state index in [9.17, 15) is 9.18 Å². The second kappa shape index (κ2) is 4.54. The van der Waals surface area contributed by atoms with Gasteiger partial charge in [0.15, 0.2) is 0 Å². The van der Waals surface area contributed by atoms with Crippen LogP contribution in [0.1, 0.15) is 42.2 Å². The molecule has 1 unspecified atom stereocenters. The number of halogens is 2. The Morgan fingerprint density at radius 3 is 2.89 bits per heavy atom. The Bertz CT molecular complexity index is 499. The molecule has 4 heteroatoms. The number of carbonyl (C=O) groups excluding carboxylic acids is 1. The van der Waals surface area contributed by atoms with Crippen molar-refractivity contribution in [2.75, 3.05) is 5.32 Å². The molecular formula is C14H15ClFNO. The fourth-order valence-corrected chi connectivity index (χ4v) is 2.85. The van der Waals surface area contributed by atoms with Crippen LogP contribution in [-0.4, -0.2) is 5.91 Å². The maximum atomic E-state index is 14.0. The molecule has 1 aliphatic carbocycles. The van der Waals surface area contributed by atoms with Crippen molar-refractivity contribution >= 4 is 23.2 Å². The average molecular weight is 268 g/mol. The van der Waals surface area contributed by atoms with Crippen LogP contribution in [0, 0.1) is 11.7 Å². The molecule has 1 aromatic rings. The van der Waals surface area contributed by atoms with E-state index in [1.807, 2.05) is 6.07 Å². The maximum Gasteiger partial charge on any atom is 0.224 e. The highest BCUT2D eigenvalue weighted by Crippen LogP contribution is 2.42. The van der Waals surface area contributed by atoms with Crippen LogP contribution in [0.2, 0.25) is 0 Å². The molecule has 0 spiro atoms. The first-order valence-electron chi connectivity index (χ1n) is 6.39. The van der Waals surface area contributed by atoms with Gasteiger partial charge in [-0.05, 0) is 36.5 Å². The van der Waals surface area contributed by atoms with E-state index in [0.29, 0.717) is 30.0 Å². The topological polar surface area (TPSA) is 29.1 Å². The Hall–Kier alpha value is -1.09. The van der Waals surface area contributed by atoms with Crippen molar-refractivity contribution in [2.45, 2.75) is 37.5 Å². The van der Waals surface area contributed by atoms with Gasteiger partial charge in [-0.2, -0.15) is 0 Å². The van der Waals surface area contributed by atoms with E-state index in [1.165, 1.54) is 18.9 Å². The molecule has 0 bridgehead atoms. The van der Waals surface area contributed by atoms with Gasteiger partial charge in [0.2, 0.25) is 5.91 Å². The summed E-state index contributed by atoms with van der Waals surface area (Å²) in [6.07, 6.45) is 4.41. The molecule has 1 aromatic carbocycles. The normalized spacial score (nSPS) is 20.2. The lowest BCUT2D eigenvalue weighted by Gasteiger charge is -2.20. The molecule has 1 fully saturated rings. The van der Waals surface area contributed by atoms with Gasteiger partial charge in [-0.15, -0.1) is 11.6 Å². The van der Waals surface area contributed by atoms with E-state index < -0.39 is 0 Å². The van der Waals surface area contributed by atoms with E-state index in [4.69, 9.17) is 11.6 Å². The summed E-state index contributed by atoms with van der Waals surface area (Å²) >= 11 is 6.29. The van der Waals surface area contributed by atoms with Gasteiger partial charge in [0.1, 0.15) is 5.82 Å². The van der Waals surface area contributed by atoms with Crippen molar-refractivity contribution in [1.29, 1.82) is 0 Å². The Morgan fingerprint density at radius 2 is 2.17 bits per heavy atom. The molecule has 0 saturated heterocycles. The molecule has 2 aliphatic rings. The molecule has 1 N–H and O–H groups in total.